The van der Waals surface area contributed by atoms with E-state index in [0.717, 1.165) is 5.56 Å². The van der Waals surface area contributed by atoms with E-state index in [4.69, 9.17) is 0 Å². The van der Waals surface area contributed by atoms with Gasteiger partial charge in [0.25, 0.3) is 0 Å². The second-order valence-corrected chi connectivity index (χ2v) is 3.21. The first kappa shape index (κ1) is 9.58. The smallest absolute Gasteiger partial charge is 0.341 e. The molecule has 76 valence electrons. The Morgan fingerprint density at radius 2 is 1.93 bits per heavy atom. The number of nitrogens with zero attached hydrogens (tertiary/aromatic N) is 1. The number of cyclic esters (lactones) is 2. The highest BCUT2D eigenvalue weighted by atomic mass is 16.6. The van der Waals surface area contributed by atoms with Crippen LogP contribution in [0.2, 0.25) is 0 Å². The average Bonchev–Trinajstić information content (AvgIpc) is 2.24. The molecule has 15 heavy (non-hydrogen) atoms. The van der Waals surface area contributed by atoms with E-state index in [0.29, 0.717) is 12.0 Å². The number of carbonyl (C=O) groups is 2. The van der Waals surface area contributed by atoms with Crippen molar-refractivity contribution < 1.29 is 14.3 Å². The van der Waals surface area contributed by atoms with Crippen LogP contribution in [0.4, 0.5) is 0 Å². The topological polar surface area (TPSA) is 56.3 Å². The first-order valence-electron chi connectivity index (χ1n) is 4.61. The summed E-state index contributed by atoms with van der Waals surface area (Å²) in [6, 6.07) is 3.58. The maximum atomic E-state index is 11.3. The summed E-state index contributed by atoms with van der Waals surface area (Å²) in [5.74, 6) is -0.991. The van der Waals surface area contributed by atoms with Crippen LogP contribution in [0.15, 0.2) is 30.1 Å². The third kappa shape index (κ3) is 2.28. The summed E-state index contributed by atoms with van der Waals surface area (Å²) in [5, 5.41) is 0. The minimum Gasteiger partial charge on any atom is -0.390 e. The number of aromatic nitrogens is 1. The Balaban J connectivity index is 2.21. The molecule has 1 fully saturated rings. The molecule has 4 heteroatoms. The van der Waals surface area contributed by atoms with Gasteiger partial charge in [0.15, 0.2) is 0 Å². The summed E-state index contributed by atoms with van der Waals surface area (Å²) in [7, 11) is 0. The van der Waals surface area contributed by atoms with E-state index in [-0.39, 0.29) is 6.42 Å². The molecule has 1 saturated heterocycles. The molecule has 0 aliphatic carbocycles. The molecule has 4 nitrogen and oxygen atoms in total. The maximum absolute atomic E-state index is 11.3. The van der Waals surface area contributed by atoms with Crippen molar-refractivity contribution in [2.24, 2.45) is 0 Å². The Kier molecular flexibility index (Phi) is 2.58. The number of rotatable bonds is 1. The van der Waals surface area contributed by atoms with Gasteiger partial charge in [-0.3, -0.25) is 9.78 Å². The molecule has 0 spiro atoms. The lowest BCUT2D eigenvalue weighted by Gasteiger charge is -2.11. The predicted octanol–water partition coefficient (Wildman–Crippen LogP) is 1.33. The summed E-state index contributed by atoms with van der Waals surface area (Å²) in [5.41, 5.74) is 1.41. The van der Waals surface area contributed by atoms with Crippen LogP contribution in [0, 0.1) is 0 Å². The number of pyridine rings is 1. The summed E-state index contributed by atoms with van der Waals surface area (Å²) < 4.78 is 4.51. The monoisotopic (exact) mass is 203 g/mol. The summed E-state index contributed by atoms with van der Waals surface area (Å²) in [6.07, 6.45) is 5.72. The van der Waals surface area contributed by atoms with E-state index in [9.17, 15) is 9.59 Å². The molecule has 0 saturated carbocycles. The van der Waals surface area contributed by atoms with E-state index in [2.05, 4.69) is 9.72 Å². The zero-order valence-electron chi connectivity index (χ0n) is 7.97. The van der Waals surface area contributed by atoms with Crippen molar-refractivity contribution in [1.29, 1.82) is 0 Å². The van der Waals surface area contributed by atoms with E-state index in [1.54, 1.807) is 30.6 Å². The van der Waals surface area contributed by atoms with Crippen LogP contribution >= 0.6 is 0 Å². The number of esters is 2. The SMILES string of the molecule is O=C1CC/C(=C\c2ccncc2)C(=O)O1. The van der Waals surface area contributed by atoms with E-state index < -0.39 is 11.9 Å². The van der Waals surface area contributed by atoms with Gasteiger partial charge in [-0.05, 0) is 30.2 Å². The van der Waals surface area contributed by atoms with Crippen molar-refractivity contribution in [2.75, 3.05) is 0 Å². The Hall–Kier alpha value is -1.97. The zero-order chi connectivity index (χ0) is 10.7. The van der Waals surface area contributed by atoms with Gasteiger partial charge in [-0.15, -0.1) is 0 Å². The van der Waals surface area contributed by atoms with Crippen molar-refractivity contribution >= 4 is 18.0 Å². The van der Waals surface area contributed by atoms with Crippen LogP contribution in [-0.2, 0) is 14.3 Å². The van der Waals surface area contributed by atoms with Gasteiger partial charge in [0.05, 0.1) is 6.42 Å². The fourth-order valence-corrected chi connectivity index (χ4v) is 1.35. The van der Waals surface area contributed by atoms with Crippen molar-refractivity contribution in [3.8, 4) is 0 Å². The van der Waals surface area contributed by atoms with Gasteiger partial charge in [-0.25, -0.2) is 4.79 Å². The quantitative estimate of drug-likeness (QED) is 0.392. The predicted molar refractivity (Wildman–Crippen MR) is 52.5 cm³/mol. The molecule has 2 rings (SSSR count). The highest BCUT2D eigenvalue weighted by Crippen LogP contribution is 2.18. The van der Waals surface area contributed by atoms with Crippen LogP contribution in [0.25, 0.3) is 6.08 Å². The molecule has 0 bridgehead atoms. The number of ether oxygens (including phenoxy) is 1. The van der Waals surface area contributed by atoms with E-state index >= 15 is 0 Å². The van der Waals surface area contributed by atoms with Crippen molar-refractivity contribution in [3.63, 3.8) is 0 Å². The Labute approximate surface area is 86.6 Å². The molecule has 0 radical (unpaired) electrons. The lowest BCUT2D eigenvalue weighted by molar-refractivity contribution is -0.159. The molecular weight excluding hydrogens is 194 g/mol. The molecule has 0 aromatic carbocycles. The zero-order valence-corrected chi connectivity index (χ0v) is 7.97. The Morgan fingerprint density at radius 1 is 1.20 bits per heavy atom. The summed E-state index contributed by atoms with van der Waals surface area (Å²) >= 11 is 0. The number of hydrogen-bond acceptors (Lipinski definition) is 4. The Bertz CT molecular complexity index is 423. The maximum Gasteiger partial charge on any atom is 0.341 e. The fourth-order valence-electron chi connectivity index (χ4n) is 1.35. The van der Waals surface area contributed by atoms with Gasteiger partial charge in [0.2, 0.25) is 0 Å². The minimum atomic E-state index is -0.539. The third-order valence-electron chi connectivity index (χ3n) is 2.11. The highest BCUT2D eigenvalue weighted by molar-refractivity contribution is 6.02. The molecule has 1 aliphatic heterocycles. The Morgan fingerprint density at radius 3 is 2.60 bits per heavy atom. The molecule has 0 N–H and O–H groups in total. The van der Waals surface area contributed by atoms with Gasteiger partial charge in [0.1, 0.15) is 0 Å². The molecule has 0 amide bonds. The lowest BCUT2D eigenvalue weighted by Crippen LogP contribution is -2.20. The molecule has 1 aromatic rings. The van der Waals surface area contributed by atoms with Gasteiger partial charge in [-0.2, -0.15) is 0 Å². The average molecular weight is 203 g/mol. The van der Waals surface area contributed by atoms with Crippen molar-refractivity contribution in [3.05, 3.63) is 35.7 Å². The van der Waals surface area contributed by atoms with Crippen molar-refractivity contribution in [2.45, 2.75) is 12.8 Å². The largest absolute Gasteiger partial charge is 0.390 e. The van der Waals surface area contributed by atoms with Gasteiger partial charge in [-0.1, -0.05) is 0 Å². The van der Waals surface area contributed by atoms with Gasteiger partial charge in [0, 0.05) is 18.0 Å². The second kappa shape index (κ2) is 4.04. The highest BCUT2D eigenvalue weighted by Gasteiger charge is 2.22. The van der Waals surface area contributed by atoms with Crippen LogP contribution in [-0.4, -0.2) is 16.9 Å². The van der Waals surface area contributed by atoms with Crippen LogP contribution in [0.5, 0.6) is 0 Å². The van der Waals surface area contributed by atoms with Crippen LogP contribution in [0.3, 0.4) is 0 Å². The third-order valence-corrected chi connectivity index (χ3v) is 2.11. The normalized spacial score (nSPS) is 19.1. The molecule has 1 aromatic heterocycles. The van der Waals surface area contributed by atoms with Gasteiger partial charge >= 0.3 is 11.9 Å². The number of hydrogen-bond donors (Lipinski definition) is 0. The first-order valence-corrected chi connectivity index (χ1v) is 4.61. The molecule has 1 aliphatic rings. The lowest BCUT2D eigenvalue weighted by atomic mass is 10.1. The molecule has 2 heterocycles. The van der Waals surface area contributed by atoms with E-state index in [1.807, 2.05) is 0 Å². The molecule has 0 atom stereocenters. The minimum absolute atomic E-state index is 0.267. The first-order chi connectivity index (χ1) is 7.25. The standard InChI is InChI=1S/C11H9NO3/c13-10-2-1-9(11(14)15-10)7-8-3-5-12-6-4-8/h3-7H,1-2H2/b9-7+. The fraction of sp³-hybridized carbons (Fsp3) is 0.182. The van der Waals surface area contributed by atoms with Crippen molar-refractivity contribution in [1.82, 2.24) is 4.98 Å². The second-order valence-electron chi connectivity index (χ2n) is 3.21. The number of carbonyl (C=O) groups excluding carboxylic acids is 2. The van der Waals surface area contributed by atoms with E-state index in [1.165, 1.54) is 0 Å². The summed E-state index contributed by atoms with van der Waals surface area (Å²) in [6.45, 7) is 0. The van der Waals surface area contributed by atoms with Crippen LogP contribution in [0.1, 0.15) is 18.4 Å². The summed E-state index contributed by atoms with van der Waals surface area (Å²) in [4.78, 5) is 25.9. The molecule has 0 unspecified atom stereocenters. The van der Waals surface area contributed by atoms with Crippen LogP contribution < -0.4 is 0 Å². The molecular formula is C11H9NO3. The van der Waals surface area contributed by atoms with Gasteiger partial charge < -0.3 is 4.74 Å².